The Bertz CT molecular complexity index is 409. The Hall–Kier alpha value is -1.10. The summed E-state index contributed by atoms with van der Waals surface area (Å²) in [5.41, 5.74) is 8.56. The molecule has 2 unspecified atom stereocenters. The molecule has 1 aromatic carbocycles. The highest BCUT2D eigenvalue weighted by Gasteiger charge is 2.27. The number of likely N-dealkylation sites (N-methyl/N-ethyl adjacent to an activating group) is 1. The third-order valence-electron chi connectivity index (χ3n) is 3.44. The molecule has 1 fully saturated rings. The first-order valence-corrected chi connectivity index (χ1v) is 6.32. The number of rotatable bonds is 3. The van der Waals surface area contributed by atoms with Gasteiger partial charge in [-0.05, 0) is 20.0 Å². The monoisotopic (exact) mass is 250 g/mol. The predicted octanol–water partition coefficient (Wildman–Crippen LogP) is 1.33. The second-order valence-corrected chi connectivity index (χ2v) is 4.94. The van der Waals surface area contributed by atoms with Crippen molar-refractivity contribution in [3.63, 3.8) is 0 Å². The van der Waals surface area contributed by atoms with Crippen LogP contribution in [-0.4, -0.2) is 44.9 Å². The first-order chi connectivity index (χ1) is 8.61. The van der Waals surface area contributed by atoms with Crippen LogP contribution in [0.2, 0.25) is 0 Å². The summed E-state index contributed by atoms with van der Waals surface area (Å²) >= 11 is 0. The summed E-state index contributed by atoms with van der Waals surface area (Å²) in [6, 6.07) is 5.93. The molecule has 1 aliphatic heterocycles. The van der Waals surface area contributed by atoms with Crippen LogP contribution in [0.4, 0.5) is 0 Å². The van der Waals surface area contributed by atoms with Crippen LogP contribution in [0.15, 0.2) is 18.2 Å². The highest BCUT2D eigenvalue weighted by atomic mass is 16.5. The van der Waals surface area contributed by atoms with Crippen molar-refractivity contribution < 1.29 is 9.47 Å². The number of nitrogens with two attached hydrogens (primary N) is 1. The number of aryl methyl sites for hydroxylation is 1. The molecule has 0 saturated carbocycles. The molecule has 0 aliphatic carbocycles. The molecule has 1 saturated heterocycles. The molecule has 1 aliphatic rings. The summed E-state index contributed by atoms with van der Waals surface area (Å²) in [7, 11) is 3.77. The summed E-state index contributed by atoms with van der Waals surface area (Å²) in [5, 5.41) is 0. The number of benzene rings is 1. The Kier molecular flexibility index (Phi) is 4.22. The Morgan fingerprint density at radius 1 is 1.50 bits per heavy atom. The Labute approximate surface area is 109 Å². The lowest BCUT2D eigenvalue weighted by molar-refractivity contribution is -0.0329. The minimum absolute atomic E-state index is 0.0273. The molecule has 100 valence electrons. The van der Waals surface area contributed by atoms with Crippen molar-refractivity contribution in [2.75, 3.05) is 33.9 Å². The molecule has 2 N–H and O–H groups in total. The number of hydrogen-bond donors (Lipinski definition) is 1. The summed E-state index contributed by atoms with van der Waals surface area (Å²) in [6.07, 6.45) is 0.0273. The third-order valence-corrected chi connectivity index (χ3v) is 3.44. The standard InChI is InChI=1S/C14H22N2O2/c1-10-4-5-12(17-3)11(8-10)14(15)13-9-16(2)6-7-18-13/h4-5,8,13-14H,6-7,9,15H2,1-3H3. The van der Waals surface area contributed by atoms with Gasteiger partial charge in [-0.1, -0.05) is 17.7 Å². The fourth-order valence-electron chi connectivity index (χ4n) is 2.34. The zero-order valence-electron chi connectivity index (χ0n) is 11.3. The molecule has 4 heteroatoms. The molecule has 2 atom stereocenters. The van der Waals surface area contributed by atoms with Gasteiger partial charge in [0.2, 0.25) is 0 Å². The van der Waals surface area contributed by atoms with E-state index in [1.165, 1.54) is 5.56 Å². The number of morpholine rings is 1. The first kappa shape index (κ1) is 13.3. The van der Waals surface area contributed by atoms with Gasteiger partial charge in [-0.15, -0.1) is 0 Å². The molecule has 18 heavy (non-hydrogen) atoms. The van der Waals surface area contributed by atoms with Crippen molar-refractivity contribution in [1.82, 2.24) is 4.90 Å². The molecular weight excluding hydrogens is 228 g/mol. The number of hydrogen-bond acceptors (Lipinski definition) is 4. The SMILES string of the molecule is COc1ccc(C)cc1C(N)C1CN(C)CCO1. The smallest absolute Gasteiger partial charge is 0.123 e. The molecule has 0 bridgehead atoms. The molecule has 0 aromatic heterocycles. The van der Waals surface area contributed by atoms with Crippen LogP contribution >= 0.6 is 0 Å². The van der Waals surface area contributed by atoms with Gasteiger partial charge < -0.3 is 20.1 Å². The maximum absolute atomic E-state index is 6.35. The van der Waals surface area contributed by atoms with E-state index in [4.69, 9.17) is 15.2 Å². The van der Waals surface area contributed by atoms with Crippen LogP contribution < -0.4 is 10.5 Å². The molecule has 4 nitrogen and oxygen atoms in total. The maximum Gasteiger partial charge on any atom is 0.123 e. The van der Waals surface area contributed by atoms with Gasteiger partial charge in [0.15, 0.2) is 0 Å². The van der Waals surface area contributed by atoms with Crippen LogP contribution in [0, 0.1) is 6.92 Å². The highest BCUT2D eigenvalue weighted by Crippen LogP contribution is 2.29. The van der Waals surface area contributed by atoms with Gasteiger partial charge in [0.25, 0.3) is 0 Å². The van der Waals surface area contributed by atoms with Crippen LogP contribution in [0.5, 0.6) is 5.75 Å². The second-order valence-electron chi connectivity index (χ2n) is 4.94. The van der Waals surface area contributed by atoms with Crippen molar-refractivity contribution in [2.45, 2.75) is 19.1 Å². The van der Waals surface area contributed by atoms with E-state index >= 15 is 0 Å². The first-order valence-electron chi connectivity index (χ1n) is 6.32. The highest BCUT2D eigenvalue weighted by molar-refractivity contribution is 5.39. The average molecular weight is 250 g/mol. The summed E-state index contributed by atoms with van der Waals surface area (Å²) < 4.78 is 11.2. The summed E-state index contributed by atoms with van der Waals surface area (Å²) in [6.45, 7) is 4.62. The minimum atomic E-state index is -0.150. The van der Waals surface area contributed by atoms with Gasteiger partial charge in [0.1, 0.15) is 5.75 Å². The third kappa shape index (κ3) is 2.83. The van der Waals surface area contributed by atoms with Crippen molar-refractivity contribution >= 4 is 0 Å². The van der Waals surface area contributed by atoms with E-state index in [2.05, 4.69) is 24.9 Å². The van der Waals surface area contributed by atoms with Crippen molar-refractivity contribution in [2.24, 2.45) is 5.73 Å². The summed E-state index contributed by atoms with van der Waals surface area (Å²) in [4.78, 5) is 2.25. The molecule has 0 amide bonds. The lowest BCUT2D eigenvalue weighted by atomic mass is 9.98. The van der Waals surface area contributed by atoms with Gasteiger partial charge in [0.05, 0.1) is 25.9 Å². The Morgan fingerprint density at radius 2 is 2.28 bits per heavy atom. The van der Waals surface area contributed by atoms with E-state index in [-0.39, 0.29) is 12.1 Å². The normalized spacial score (nSPS) is 22.8. The largest absolute Gasteiger partial charge is 0.496 e. The van der Waals surface area contributed by atoms with Crippen LogP contribution in [-0.2, 0) is 4.74 Å². The minimum Gasteiger partial charge on any atom is -0.496 e. The van der Waals surface area contributed by atoms with Crippen molar-refractivity contribution in [1.29, 1.82) is 0 Å². The van der Waals surface area contributed by atoms with Gasteiger partial charge >= 0.3 is 0 Å². The van der Waals surface area contributed by atoms with Crippen LogP contribution in [0.3, 0.4) is 0 Å². The fourth-order valence-corrected chi connectivity index (χ4v) is 2.34. The van der Waals surface area contributed by atoms with Crippen molar-refractivity contribution in [3.8, 4) is 5.75 Å². The van der Waals surface area contributed by atoms with Gasteiger partial charge in [-0.25, -0.2) is 0 Å². The zero-order valence-corrected chi connectivity index (χ0v) is 11.3. The summed E-state index contributed by atoms with van der Waals surface area (Å²) in [5.74, 6) is 0.838. The Morgan fingerprint density at radius 3 is 2.94 bits per heavy atom. The Balaban J connectivity index is 2.21. The van der Waals surface area contributed by atoms with Crippen LogP contribution in [0.1, 0.15) is 17.2 Å². The number of methoxy groups -OCH3 is 1. The molecule has 1 heterocycles. The number of nitrogens with zero attached hydrogens (tertiary/aromatic N) is 1. The van der Waals surface area contributed by atoms with Crippen LogP contribution in [0.25, 0.3) is 0 Å². The van der Waals surface area contributed by atoms with Gasteiger partial charge in [-0.2, -0.15) is 0 Å². The van der Waals surface area contributed by atoms with E-state index in [0.717, 1.165) is 31.0 Å². The molecule has 0 radical (unpaired) electrons. The molecular formula is C14H22N2O2. The van der Waals surface area contributed by atoms with Crippen molar-refractivity contribution in [3.05, 3.63) is 29.3 Å². The lowest BCUT2D eigenvalue weighted by Gasteiger charge is -2.34. The maximum atomic E-state index is 6.35. The molecule has 0 spiro atoms. The zero-order chi connectivity index (χ0) is 13.1. The van der Waals surface area contributed by atoms with E-state index in [9.17, 15) is 0 Å². The van der Waals surface area contributed by atoms with E-state index < -0.39 is 0 Å². The second kappa shape index (κ2) is 5.69. The van der Waals surface area contributed by atoms with E-state index in [0.29, 0.717) is 0 Å². The predicted molar refractivity (Wildman–Crippen MR) is 71.9 cm³/mol. The fraction of sp³-hybridized carbons (Fsp3) is 0.571. The van der Waals surface area contributed by atoms with Gasteiger partial charge in [-0.3, -0.25) is 0 Å². The average Bonchev–Trinajstić information content (AvgIpc) is 2.38. The quantitative estimate of drug-likeness (QED) is 0.879. The molecule has 1 aromatic rings. The molecule has 2 rings (SSSR count). The topological polar surface area (TPSA) is 47.7 Å². The van der Waals surface area contributed by atoms with E-state index in [1.54, 1.807) is 7.11 Å². The van der Waals surface area contributed by atoms with E-state index in [1.807, 2.05) is 12.1 Å². The number of ether oxygens (including phenoxy) is 2. The lowest BCUT2D eigenvalue weighted by Crippen LogP contribution is -2.45. The van der Waals surface area contributed by atoms with Gasteiger partial charge in [0, 0.05) is 18.7 Å².